The largest absolute Gasteiger partial charge is 0.380 e. The zero-order chi connectivity index (χ0) is 13.7. The minimum absolute atomic E-state index is 0.313. The van der Waals surface area contributed by atoms with Crippen LogP contribution in [0.2, 0.25) is 0 Å². The molecule has 2 aliphatic carbocycles. The molecule has 2 rings (SSSR count). The fraction of sp³-hybridized carbons (Fsp3) is 0.933. The van der Waals surface area contributed by atoms with Crippen molar-refractivity contribution in [3.63, 3.8) is 0 Å². The van der Waals surface area contributed by atoms with Crippen molar-refractivity contribution in [2.75, 3.05) is 33.9 Å². The van der Waals surface area contributed by atoms with E-state index >= 15 is 0 Å². The van der Waals surface area contributed by atoms with Gasteiger partial charge in [-0.05, 0) is 58.5 Å². The van der Waals surface area contributed by atoms with Gasteiger partial charge >= 0.3 is 0 Å². The maximum atomic E-state index is 9.37. The third kappa shape index (κ3) is 4.17. The average molecular weight is 265 g/mol. The molecule has 0 aromatic carbocycles. The van der Waals surface area contributed by atoms with Crippen LogP contribution in [0.15, 0.2) is 0 Å². The third-order valence-corrected chi connectivity index (χ3v) is 4.68. The first-order valence-electron chi connectivity index (χ1n) is 7.57. The number of nitrogens with one attached hydrogen (secondary N) is 1. The summed E-state index contributed by atoms with van der Waals surface area (Å²) in [5.74, 6) is 0.843. The van der Waals surface area contributed by atoms with E-state index in [1.807, 2.05) is 7.05 Å². The Bertz CT molecular complexity index is 324. The molecule has 0 spiro atoms. The molecule has 2 fully saturated rings. The Balaban J connectivity index is 1.71. The summed E-state index contributed by atoms with van der Waals surface area (Å²) in [4.78, 5) is 2.37. The van der Waals surface area contributed by atoms with Crippen LogP contribution in [-0.4, -0.2) is 50.3 Å². The van der Waals surface area contributed by atoms with Gasteiger partial charge in [0.05, 0.1) is 12.7 Å². The van der Waals surface area contributed by atoms with Gasteiger partial charge in [0.1, 0.15) is 5.54 Å². The first kappa shape index (κ1) is 14.8. The van der Waals surface area contributed by atoms with Gasteiger partial charge in [-0.3, -0.25) is 0 Å². The van der Waals surface area contributed by atoms with E-state index in [0.717, 1.165) is 44.9 Å². The van der Waals surface area contributed by atoms with Gasteiger partial charge in [-0.2, -0.15) is 5.26 Å². The Kier molecular flexibility index (Phi) is 5.20. The lowest BCUT2D eigenvalue weighted by Crippen LogP contribution is -2.51. The topological polar surface area (TPSA) is 48.3 Å². The summed E-state index contributed by atoms with van der Waals surface area (Å²) in [6.07, 6.45) is 6.94. The normalized spacial score (nSPS) is 31.4. The van der Waals surface area contributed by atoms with Gasteiger partial charge in [0.15, 0.2) is 0 Å². The molecule has 4 heteroatoms. The van der Waals surface area contributed by atoms with E-state index in [1.165, 1.54) is 19.3 Å². The highest BCUT2D eigenvalue weighted by Gasteiger charge is 2.36. The maximum Gasteiger partial charge on any atom is 0.108 e. The van der Waals surface area contributed by atoms with E-state index in [9.17, 15) is 5.26 Å². The summed E-state index contributed by atoms with van der Waals surface area (Å²) in [5.41, 5.74) is -0.313. The SMILES string of the molecule is CNC1(C#N)CCCC(N(C)CCOCC2CC2)C1. The van der Waals surface area contributed by atoms with Gasteiger partial charge in [-0.1, -0.05) is 0 Å². The summed E-state index contributed by atoms with van der Waals surface area (Å²) in [5, 5.41) is 12.6. The van der Waals surface area contributed by atoms with Crippen LogP contribution in [0.25, 0.3) is 0 Å². The summed E-state index contributed by atoms with van der Waals surface area (Å²) < 4.78 is 5.70. The van der Waals surface area contributed by atoms with Crippen molar-refractivity contribution in [3.05, 3.63) is 0 Å². The second-order valence-corrected chi connectivity index (χ2v) is 6.19. The lowest BCUT2D eigenvalue weighted by molar-refractivity contribution is 0.0755. The van der Waals surface area contributed by atoms with Crippen LogP contribution in [0.1, 0.15) is 38.5 Å². The predicted octanol–water partition coefficient (Wildman–Crippen LogP) is 1.77. The van der Waals surface area contributed by atoms with Crippen molar-refractivity contribution in [1.82, 2.24) is 10.2 Å². The van der Waals surface area contributed by atoms with Gasteiger partial charge in [-0.15, -0.1) is 0 Å². The minimum Gasteiger partial charge on any atom is -0.380 e. The second-order valence-electron chi connectivity index (χ2n) is 6.19. The fourth-order valence-corrected chi connectivity index (χ4v) is 2.93. The summed E-state index contributed by atoms with van der Waals surface area (Å²) in [6.45, 7) is 2.74. The molecule has 108 valence electrons. The van der Waals surface area contributed by atoms with Crippen molar-refractivity contribution in [2.45, 2.75) is 50.1 Å². The fourth-order valence-electron chi connectivity index (χ4n) is 2.93. The molecular weight excluding hydrogens is 238 g/mol. The van der Waals surface area contributed by atoms with E-state index in [-0.39, 0.29) is 5.54 Å². The maximum absolute atomic E-state index is 9.37. The highest BCUT2D eigenvalue weighted by molar-refractivity contribution is 5.10. The number of ether oxygens (including phenoxy) is 1. The molecule has 0 aromatic rings. The van der Waals surface area contributed by atoms with Crippen LogP contribution >= 0.6 is 0 Å². The van der Waals surface area contributed by atoms with Gasteiger partial charge in [-0.25, -0.2) is 0 Å². The summed E-state index contributed by atoms with van der Waals surface area (Å²) >= 11 is 0. The Morgan fingerprint density at radius 2 is 2.21 bits per heavy atom. The molecule has 0 amide bonds. The quantitative estimate of drug-likeness (QED) is 0.713. The molecule has 1 N–H and O–H groups in total. The lowest BCUT2D eigenvalue weighted by Gasteiger charge is -2.39. The third-order valence-electron chi connectivity index (χ3n) is 4.68. The van der Waals surface area contributed by atoms with Crippen LogP contribution in [0, 0.1) is 17.2 Å². The number of hydrogen-bond donors (Lipinski definition) is 1. The first-order chi connectivity index (χ1) is 9.19. The highest BCUT2D eigenvalue weighted by Crippen LogP contribution is 2.30. The van der Waals surface area contributed by atoms with Gasteiger partial charge in [0, 0.05) is 19.2 Å². The molecule has 19 heavy (non-hydrogen) atoms. The molecule has 2 atom stereocenters. The van der Waals surface area contributed by atoms with Crippen molar-refractivity contribution in [1.29, 1.82) is 5.26 Å². The van der Waals surface area contributed by atoms with Gasteiger partial charge in [0.25, 0.3) is 0 Å². The molecule has 0 aromatic heterocycles. The number of rotatable bonds is 7. The molecule has 2 saturated carbocycles. The molecule has 4 nitrogen and oxygen atoms in total. The van der Waals surface area contributed by atoms with Gasteiger partial charge in [0.2, 0.25) is 0 Å². The molecule has 2 unspecified atom stereocenters. The number of likely N-dealkylation sites (N-methyl/N-ethyl adjacent to an activating group) is 1. The van der Waals surface area contributed by atoms with E-state index < -0.39 is 0 Å². The molecule has 0 bridgehead atoms. The smallest absolute Gasteiger partial charge is 0.108 e. The van der Waals surface area contributed by atoms with Crippen LogP contribution in [0.3, 0.4) is 0 Å². The second kappa shape index (κ2) is 6.69. The Labute approximate surface area is 117 Å². The number of hydrogen-bond acceptors (Lipinski definition) is 4. The van der Waals surface area contributed by atoms with Crippen LogP contribution in [0.4, 0.5) is 0 Å². The standard InChI is InChI=1S/C15H27N3O/c1-17-15(12-16)7-3-4-14(10-15)18(2)8-9-19-11-13-5-6-13/h13-14,17H,3-11H2,1-2H3. The van der Waals surface area contributed by atoms with Crippen LogP contribution < -0.4 is 5.32 Å². The molecule has 0 aliphatic heterocycles. The monoisotopic (exact) mass is 265 g/mol. The van der Waals surface area contributed by atoms with Crippen molar-refractivity contribution in [2.24, 2.45) is 5.92 Å². The molecule has 0 saturated heterocycles. The highest BCUT2D eigenvalue weighted by atomic mass is 16.5. The minimum atomic E-state index is -0.313. The Morgan fingerprint density at radius 3 is 2.84 bits per heavy atom. The van der Waals surface area contributed by atoms with E-state index in [1.54, 1.807) is 0 Å². The van der Waals surface area contributed by atoms with Crippen LogP contribution in [-0.2, 0) is 4.74 Å². The average Bonchev–Trinajstić information content (AvgIpc) is 3.27. The molecule has 0 radical (unpaired) electrons. The number of nitrogens with zero attached hydrogens (tertiary/aromatic N) is 2. The van der Waals surface area contributed by atoms with E-state index in [0.29, 0.717) is 6.04 Å². The predicted molar refractivity (Wildman–Crippen MR) is 75.8 cm³/mol. The lowest BCUT2D eigenvalue weighted by atomic mass is 9.79. The van der Waals surface area contributed by atoms with Crippen LogP contribution in [0.5, 0.6) is 0 Å². The Hall–Kier alpha value is -0.630. The van der Waals surface area contributed by atoms with Gasteiger partial charge < -0.3 is 15.0 Å². The first-order valence-corrected chi connectivity index (χ1v) is 7.57. The van der Waals surface area contributed by atoms with E-state index in [4.69, 9.17) is 4.74 Å². The molecule has 0 heterocycles. The molecule has 2 aliphatic rings. The van der Waals surface area contributed by atoms with Crippen molar-refractivity contribution < 1.29 is 4.74 Å². The van der Waals surface area contributed by atoms with Crippen molar-refractivity contribution >= 4 is 0 Å². The zero-order valence-corrected chi connectivity index (χ0v) is 12.3. The Morgan fingerprint density at radius 1 is 1.42 bits per heavy atom. The van der Waals surface area contributed by atoms with Crippen molar-refractivity contribution in [3.8, 4) is 6.07 Å². The van der Waals surface area contributed by atoms with E-state index in [2.05, 4.69) is 23.3 Å². The summed E-state index contributed by atoms with van der Waals surface area (Å²) in [6, 6.07) is 2.98. The number of nitriles is 1. The summed E-state index contributed by atoms with van der Waals surface area (Å²) in [7, 11) is 4.07. The molecular formula is C15H27N3O. The zero-order valence-electron chi connectivity index (χ0n) is 12.3.